The van der Waals surface area contributed by atoms with Crippen molar-refractivity contribution >= 4 is 40.1 Å². The molecule has 208 valence electrons. The topological polar surface area (TPSA) is 82.4 Å². The molecule has 4 heterocycles. The van der Waals surface area contributed by atoms with E-state index in [0.717, 1.165) is 44.8 Å². The number of nitrogens with zero attached hydrogens (tertiary/aromatic N) is 5. The Labute approximate surface area is 240 Å². The fourth-order valence-electron chi connectivity index (χ4n) is 5.63. The molecule has 0 bridgehead atoms. The number of hydrogen-bond acceptors (Lipinski definition) is 8. The number of anilines is 1. The van der Waals surface area contributed by atoms with Crippen molar-refractivity contribution in [1.82, 2.24) is 19.5 Å². The van der Waals surface area contributed by atoms with Crippen LogP contribution in [0.5, 0.6) is 5.75 Å². The molecule has 0 radical (unpaired) electrons. The zero-order chi connectivity index (χ0) is 27.9. The molecule has 2 aliphatic heterocycles. The van der Waals surface area contributed by atoms with Gasteiger partial charge in [0.05, 0.1) is 61.0 Å². The molecular formula is C29H29ClFN5O3S. The van der Waals surface area contributed by atoms with E-state index >= 15 is 0 Å². The Morgan fingerprint density at radius 1 is 1.18 bits per heavy atom. The SMILES string of the molecule is COc1ccc(Cn2cnc3ccc(Sc4cnc(N5CCC6(CC5)CO[C@@H](C)C6)cn4)c(Cl)c3c2=O)cc1F. The summed E-state index contributed by atoms with van der Waals surface area (Å²) in [5.74, 6) is 0.512. The standard InChI is InChI=1S/C29H29ClFN5O3S/c1-18-12-29(16-39-18)7-9-35(10-8-29)24-13-33-25(14-32-24)40-23-6-4-21-26(27(23)30)28(37)36(17-34-21)15-19-3-5-22(38-2)20(31)11-19/h3-6,11,13-14,17-18H,7-10,12,15-16H2,1-2H3/t18-/m0/s1. The van der Waals surface area contributed by atoms with Crippen molar-refractivity contribution in [2.45, 2.75) is 48.8 Å². The van der Waals surface area contributed by atoms with Crippen LogP contribution < -0.4 is 15.2 Å². The Morgan fingerprint density at radius 3 is 2.67 bits per heavy atom. The molecular weight excluding hydrogens is 553 g/mol. The van der Waals surface area contributed by atoms with Crippen molar-refractivity contribution in [3.63, 3.8) is 0 Å². The maximum absolute atomic E-state index is 14.2. The van der Waals surface area contributed by atoms with Gasteiger partial charge in [-0.15, -0.1) is 0 Å². The number of methoxy groups -OCH3 is 1. The van der Waals surface area contributed by atoms with Gasteiger partial charge in [-0.3, -0.25) is 9.36 Å². The van der Waals surface area contributed by atoms with Crippen molar-refractivity contribution < 1.29 is 13.9 Å². The molecule has 0 amide bonds. The number of ether oxygens (including phenoxy) is 2. The predicted octanol–water partition coefficient (Wildman–Crippen LogP) is 5.58. The lowest BCUT2D eigenvalue weighted by molar-refractivity contribution is 0.0976. The molecule has 2 aromatic carbocycles. The molecule has 2 aromatic heterocycles. The predicted molar refractivity (Wildman–Crippen MR) is 153 cm³/mol. The Morgan fingerprint density at radius 2 is 2.00 bits per heavy atom. The second-order valence-electron chi connectivity index (χ2n) is 10.5. The van der Waals surface area contributed by atoms with E-state index in [0.29, 0.717) is 42.9 Å². The number of rotatable bonds is 6. The lowest BCUT2D eigenvalue weighted by atomic mass is 9.77. The van der Waals surface area contributed by atoms with Gasteiger partial charge in [-0.25, -0.2) is 19.3 Å². The van der Waals surface area contributed by atoms with Crippen LogP contribution in [0.25, 0.3) is 10.9 Å². The first-order valence-electron chi connectivity index (χ1n) is 13.2. The molecule has 0 aliphatic carbocycles. The molecule has 0 unspecified atom stereocenters. The van der Waals surface area contributed by atoms with Gasteiger partial charge in [0.25, 0.3) is 5.56 Å². The quantitative estimate of drug-likeness (QED) is 0.292. The van der Waals surface area contributed by atoms with Gasteiger partial charge >= 0.3 is 0 Å². The van der Waals surface area contributed by atoms with E-state index in [1.54, 1.807) is 24.5 Å². The van der Waals surface area contributed by atoms with Crippen LogP contribution in [0.2, 0.25) is 5.02 Å². The molecule has 0 N–H and O–H groups in total. The van der Waals surface area contributed by atoms with Crippen molar-refractivity contribution in [3.05, 3.63) is 75.8 Å². The first kappa shape index (κ1) is 27.0. The zero-order valence-corrected chi connectivity index (χ0v) is 23.8. The first-order valence-corrected chi connectivity index (χ1v) is 14.4. The van der Waals surface area contributed by atoms with Gasteiger partial charge in [0.1, 0.15) is 10.8 Å². The van der Waals surface area contributed by atoms with Crippen molar-refractivity contribution in [1.29, 1.82) is 0 Å². The minimum Gasteiger partial charge on any atom is -0.494 e. The summed E-state index contributed by atoms with van der Waals surface area (Å²) in [6.45, 7) is 5.04. The second-order valence-corrected chi connectivity index (χ2v) is 12.0. The van der Waals surface area contributed by atoms with E-state index in [1.807, 2.05) is 6.07 Å². The largest absolute Gasteiger partial charge is 0.494 e. The molecule has 2 aliphatic rings. The van der Waals surface area contributed by atoms with E-state index in [9.17, 15) is 9.18 Å². The Bertz CT molecular complexity index is 1610. The minimum atomic E-state index is -0.493. The van der Waals surface area contributed by atoms with Crippen LogP contribution in [0, 0.1) is 11.2 Å². The lowest BCUT2D eigenvalue weighted by Gasteiger charge is -2.38. The van der Waals surface area contributed by atoms with Crippen molar-refractivity contribution in [2.24, 2.45) is 5.41 Å². The maximum atomic E-state index is 14.2. The van der Waals surface area contributed by atoms with Crippen LogP contribution >= 0.6 is 23.4 Å². The average molecular weight is 582 g/mol. The van der Waals surface area contributed by atoms with Crippen molar-refractivity contribution in [3.8, 4) is 5.75 Å². The smallest absolute Gasteiger partial charge is 0.263 e. The summed E-state index contributed by atoms with van der Waals surface area (Å²) < 4.78 is 26.4. The first-order chi connectivity index (χ1) is 19.3. The average Bonchev–Trinajstić information content (AvgIpc) is 3.32. The highest BCUT2D eigenvalue weighted by Gasteiger charge is 2.41. The van der Waals surface area contributed by atoms with Crippen molar-refractivity contribution in [2.75, 3.05) is 31.7 Å². The Kier molecular flexibility index (Phi) is 7.41. The Hall–Kier alpha value is -3.21. The molecule has 2 fully saturated rings. The fourth-order valence-corrected chi connectivity index (χ4v) is 6.75. The third-order valence-electron chi connectivity index (χ3n) is 7.84. The normalized spacial score (nSPS) is 18.5. The van der Waals surface area contributed by atoms with E-state index in [-0.39, 0.29) is 17.9 Å². The molecule has 6 rings (SSSR count). The molecule has 1 atom stereocenters. The highest BCUT2D eigenvalue weighted by atomic mass is 35.5. The van der Waals surface area contributed by atoms with E-state index in [4.69, 9.17) is 21.1 Å². The molecule has 40 heavy (non-hydrogen) atoms. The minimum absolute atomic E-state index is 0.145. The van der Waals surface area contributed by atoms with Crippen LogP contribution in [-0.2, 0) is 11.3 Å². The van der Waals surface area contributed by atoms with Crippen LogP contribution in [-0.4, -0.2) is 52.4 Å². The summed E-state index contributed by atoms with van der Waals surface area (Å²) in [6.07, 6.45) is 8.67. The van der Waals surface area contributed by atoms with Crippen LogP contribution in [0.15, 0.2) is 63.8 Å². The summed E-state index contributed by atoms with van der Waals surface area (Å²) >= 11 is 8.09. The van der Waals surface area contributed by atoms with Gasteiger partial charge in [0.15, 0.2) is 11.6 Å². The molecule has 0 saturated carbocycles. The zero-order valence-electron chi connectivity index (χ0n) is 22.3. The number of piperidine rings is 1. The summed E-state index contributed by atoms with van der Waals surface area (Å²) in [4.78, 5) is 30.0. The van der Waals surface area contributed by atoms with Gasteiger partial charge in [-0.05, 0) is 61.4 Å². The van der Waals surface area contributed by atoms with Gasteiger partial charge in [-0.2, -0.15) is 0 Å². The highest BCUT2D eigenvalue weighted by molar-refractivity contribution is 7.99. The molecule has 11 heteroatoms. The van der Waals surface area contributed by atoms with Crippen LogP contribution in [0.1, 0.15) is 31.7 Å². The van der Waals surface area contributed by atoms with Gasteiger partial charge in [0.2, 0.25) is 0 Å². The van der Waals surface area contributed by atoms with E-state index in [1.165, 1.54) is 41.9 Å². The van der Waals surface area contributed by atoms with Crippen LogP contribution in [0.3, 0.4) is 0 Å². The number of halogens is 2. The number of hydrogen-bond donors (Lipinski definition) is 0. The summed E-state index contributed by atoms with van der Waals surface area (Å²) in [5.41, 5.74) is 1.10. The number of benzene rings is 2. The molecule has 4 aromatic rings. The Balaban J connectivity index is 1.18. The molecule has 2 saturated heterocycles. The molecule has 8 nitrogen and oxygen atoms in total. The van der Waals surface area contributed by atoms with Gasteiger partial charge in [-0.1, -0.05) is 29.4 Å². The summed E-state index contributed by atoms with van der Waals surface area (Å²) in [6, 6.07) is 8.18. The monoisotopic (exact) mass is 581 g/mol. The number of fused-ring (bicyclic) bond motifs is 1. The fraction of sp³-hybridized carbons (Fsp3) is 0.379. The van der Waals surface area contributed by atoms with Gasteiger partial charge < -0.3 is 14.4 Å². The summed E-state index contributed by atoms with van der Waals surface area (Å²) in [5, 5.41) is 1.28. The van der Waals surface area contributed by atoms with Gasteiger partial charge in [0, 0.05) is 18.0 Å². The van der Waals surface area contributed by atoms with E-state index < -0.39 is 5.82 Å². The highest BCUT2D eigenvalue weighted by Crippen LogP contribution is 2.42. The van der Waals surface area contributed by atoms with E-state index in [2.05, 4.69) is 26.8 Å². The third kappa shape index (κ3) is 5.27. The third-order valence-corrected chi connectivity index (χ3v) is 9.32. The second kappa shape index (κ2) is 11.0. The maximum Gasteiger partial charge on any atom is 0.263 e. The lowest BCUT2D eigenvalue weighted by Crippen LogP contribution is -2.41. The summed E-state index contributed by atoms with van der Waals surface area (Å²) in [7, 11) is 1.41. The number of aromatic nitrogens is 4. The molecule has 1 spiro atoms. The van der Waals surface area contributed by atoms with Crippen LogP contribution in [0.4, 0.5) is 10.2 Å².